The third kappa shape index (κ3) is 21.4. The van der Waals surface area contributed by atoms with Crippen LogP contribution in [-0.4, -0.2) is 33.1 Å². The van der Waals surface area contributed by atoms with Crippen LogP contribution in [-0.2, 0) is 4.79 Å². The number of carbonyl (C=O) groups excluding carboxylic acids is 1. The minimum atomic E-state index is 0.181. The summed E-state index contributed by atoms with van der Waals surface area (Å²) < 4.78 is 0. The molecule has 0 saturated heterocycles. The SMILES string of the molecule is CCCCCCCCCCCCCCCCCCNC(=O)C[NH+](C)C. The number of rotatable bonds is 19. The number of quaternary nitrogens is 1. The van der Waals surface area contributed by atoms with E-state index in [1.54, 1.807) is 0 Å². The largest absolute Gasteiger partial charge is 0.351 e. The highest BCUT2D eigenvalue weighted by molar-refractivity contribution is 5.76. The van der Waals surface area contributed by atoms with Crippen LogP contribution in [0.25, 0.3) is 0 Å². The summed E-state index contributed by atoms with van der Waals surface area (Å²) in [4.78, 5) is 12.7. The van der Waals surface area contributed by atoms with Crippen LogP contribution in [0.4, 0.5) is 0 Å². The molecule has 0 aliphatic heterocycles. The van der Waals surface area contributed by atoms with Crippen molar-refractivity contribution in [3.63, 3.8) is 0 Å². The predicted octanol–water partition coefficient (Wildman–Crippen LogP) is 4.51. The van der Waals surface area contributed by atoms with E-state index in [9.17, 15) is 4.79 Å². The van der Waals surface area contributed by atoms with Crippen LogP contribution in [0.2, 0.25) is 0 Å². The van der Waals surface area contributed by atoms with Crippen LogP contribution in [0.15, 0.2) is 0 Å². The molecule has 0 atom stereocenters. The third-order valence-corrected chi connectivity index (χ3v) is 4.87. The van der Waals surface area contributed by atoms with Gasteiger partial charge in [0, 0.05) is 6.54 Å². The molecular formula is C22H47N2O+. The number of carbonyl (C=O) groups is 1. The number of hydrogen-bond acceptors (Lipinski definition) is 1. The molecule has 2 N–H and O–H groups in total. The first-order chi connectivity index (χ1) is 12.2. The number of likely N-dealkylation sites (N-methyl/N-ethyl adjacent to an activating group) is 1. The molecule has 0 aromatic carbocycles. The average molecular weight is 356 g/mol. The van der Waals surface area contributed by atoms with Crippen molar-refractivity contribution in [1.29, 1.82) is 0 Å². The van der Waals surface area contributed by atoms with Crippen molar-refractivity contribution in [2.45, 2.75) is 110 Å². The molecule has 0 radical (unpaired) electrons. The van der Waals surface area contributed by atoms with Gasteiger partial charge in [-0.05, 0) is 6.42 Å². The van der Waals surface area contributed by atoms with Gasteiger partial charge in [0.25, 0.3) is 5.91 Å². The molecule has 0 rings (SSSR count). The molecule has 0 bridgehead atoms. The topological polar surface area (TPSA) is 33.5 Å². The van der Waals surface area contributed by atoms with Crippen LogP contribution in [0, 0.1) is 0 Å². The van der Waals surface area contributed by atoms with E-state index in [0.29, 0.717) is 6.54 Å². The van der Waals surface area contributed by atoms with E-state index in [1.165, 1.54) is 101 Å². The van der Waals surface area contributed by atoms with Gasteiger partial charge in [-0.15, -0.1) is 0 Å². The second-order valence-corrected chi connectivity index (χ2v) is 8.04. The Balaban J connectivity index is 3.06. The first kappa shape index (κ1) is 24.4. The Hall–Kier alpha value is -0.570. The van der Waals surface area contributed by atoms with E-state index in [1.807, 2.05) is 14.1 Å². The van der Waals surface area contributed by atoms with E-state index in [4.69, 9.17) is 0 Å². The molecule has 0 aliphatic rings. The van der Waals surface area contributed by atoms with Gasteiger partial charge >= 0.3 is 0 Å². The van der Waals surface area contributed by atoms with E-state index in [2.05, 4.69) is 12.2 Å². The third-order valence-electron chi connectivity index (χ3n) is 4.87. The van der Waals surface area contributed by atoms with Crippen molar-refractivity contribution in [3.8, 4) is 0 Å². The smallest absolute Gasteiger partial charge is 0.275 e. The maximum absolute atomic E-state index is 11.5. The normalized spacial score (nSPS) is 11.2. The monoisotopic (exact) mass is 355 g/mol. The fourth-order valence-corrected chi connectivity index (χ4v) is 3.28. The summed E-state index contributed by atoms with van der Waals surface area (Å²) in [6.45, 7) is 3.72. The molecule has 0 unspecified atom stereocenters. The lowest BCUT2D eigenvalue weighted by atomic mass is 10.0. The highest BCUT2D eigenvalue weighted by Crippen LogP contribution is 2.13. The van der Waals surface area contributed by atoms with Gasteiger partial charge in [-0.3, -0.25) is 4.79 Å². The lowest BCUT2D eigenvalue weighted by Gasteiger charge is -2.08. The van der Waals surface area contributed by atoms with Gasteiger partial charge in [0.2, 0.25) is 0 Å². The summed E-state index contributed by atoms with van der Waals surface area (Å²) in [5, 5.41) is 3.00. The Kier molecular flexibility index (Phi) is 19.3. The molecule has 0 aromatic rings. The minimum Gasteiger partial charge on any atom is -0.351 e. The van der Waals surface area contributed by atoms with Gasteiger partial charge in [-0.1, -0.05) is 103 Å². The molecule has 0 heterocycles. The van der Waals surface area contributed by atoms with Crippen LogP contribution in [0.5, 0.6) is 0 Å². The standard InChI is InChI=1S/C22H46N2O/c1-4-5-6-7-8-9-10-11-12-13-14-15-16-17-18-19-20-23-22(25)21-24(2)3/h4-21H2,1-3H3,(H,23,25)/p+1. The zero-order valence-electron chi connectivity index (χ0n) is 17.6. The molecule has 0 saturated carbocycles. The molecular weight excluding hydrogens is 308 g/mol. The van der Waals surface area contributed by atoms with Crippen molar-refractivity contribution < 1.29 is 9.69 Å². The van der Waals surface area contributed by atoms with Gasteiger partial charge in [0.1, 0.15) is 0 Å². The van der Waals surface area contributed by atoms with Crippen molar-refractivity contribution in [1.82, 2.24) is 5.32 Å². The number of unbranched alkanes of at least 4 members (excludes halogenated alkanes) is 15. The van der Waals surface area contributed by atoms with E-state index < -0.39 is 0 Å². The Labute approximate surface area is 158 Å². The molecule has 150 valence electrons. The van der Waals surface area contributed by atoms with Gasteiger partial charge in [-0.2, -0.15) is 0 Å². The fraction of sp³-hybridized carbons (Fsp3) is 0.955. The molecule has 0 aromatic heterocycles. The molecule has 0 aliphatic carbocycles. The van der Waals surface area contributed by atoms with Crippen molar-refractivity contribution >= 4 is 5.91 Å². The van der Waals surface area contributed by atoms with Crippen LogP contribution in [0.1, 0.15) is 110 Å². The maximum atomic E-state index is 11.5. The van der Waals surface area contributed by atoms with Gasteiger partial charge < -0.3 is 10.2 Å². The van der Waals surface area contributed by atoms with Gasteiger partial charge in [0.15, 0.2) is 6.54 Å². The first-order valence-corrected chi connectivity index (χ1v) is 11.2. The molecule has 25 heavy (non-hydrogen) atoms. The van der Waals surface area contributed by atoms with E-state index in [-0.39, 0.29) is 5.91 Å². The lowest BCUT2D eigenvalue weighted by Crippen LogP contribution is -3.07. The number of amides is 1. The highest BCUT2D eigenvalue weighted by Gasteiger charge is 2.03. The number of nitrogens with one attached hydrogen (secondary N) is 2. The van der Waals surface area contributed by atoms with Crippen molar-refractivity contribution in [2.24, 2.45) is 0 Å². The summed E-state index contributed by atoms with van der Waals surface area (Å²) in [7, 11) is 4.02. The number of hydrogen-bond donors (Lipinski definition) is 2. The Morgan fingerprint density at radius 2 is 1.00 bits per heavy atom. The van der Waals surface area contributed by atoms with Crippen molar-refractivity contribution in [2.75, 3.05) is 27.2 Å². The van der Waals surface area contributed by atoms with Crippen LogP contribution >= 0.6 is 0 Å². The lowest BCUT2D eigenvalue weighted by molar-refractivity contribution is -0.849. The zero-order valence-corrected chi connectivity index (χ0v) is 17.6. The summed E-state index contributed by atoms with van der Waals surface area (Å²) >= 11 is 0. The Bertz CT molecular complexity index is 279. The molecule has 1 amide bonds. The Morgan fingerprint density at radius 1 is 0.640 bits per heavy atom. The summed E-state index contributed by atoms with van der Waals surface area (Å²) in [6, 6.07) is 0. The van der Waals surface area contributed by atoms with Gasteiger partial charge in [-0.25, -0.2) is 0 Å². The summed E-state index contributed by atoms with van der Waals surface area (Å²) in [5.41, 5.74) is 0. The quantitative estimate of drug-likeness (QED) is 0.328. The molecule has 0 spiro atoms. The average Bonchev–Trinajstić information content (AvgIpc) is 2.57. The Morgan fingerprint density at radius 3 is 1.36 bits per heavy atom. The maximum Gasteiger partial charge on any atom is 0.275 e. The summed E-state index contributed by atoms with van der Waals surface area (Å²) in [6.07, 6.45) is 22.2. The first-order valence-electron chi connectivity index (χ1n) is 11.2. The summed E-state index contributed by atoms with van der Waals surface area (Å²) in [5.74, 6) is 0.181. The second kappa shape index (κ2) is 19.8. The minimum absolute atomic E-state index is 0.181. The highest BCUT2D eigenvalue weighted by atomic mass is 16.1. The van der Waals surface area contributed by atoms with E-state index >= 15 is 0 Å². The van der Waals surface area contributed by atoms with Crippen molar-refractivity contribution in [3.05, 3.63) is 0 Å². The van der Waals surface area contributed by atoms with Gasteiger partial charge in [0.05, 0.1) is 14.1 Å². The van der Waals surface area contributed by atoms with Crippen LogP contribution < -0.4 is 10.2 Å². The second-order valence-electron chi connectivity index (χ2n) is 8.04. The zero-order chi connectivity index (χ0) is 18.6. The molecule has 0 fully saturated rings. The predicted molar refractivity (Wildman–Crippen MR) is 110 cm³/mol. The molecule has 3 heteroatoms. The molecule has 3 nitrogen and oxygen atoms in total. The van der Waals surface area contributed by atoms with Crippen LogP contribution in [0.3, 0.4) is 0 Å². The fourth-order valence-electron chi connectivity index (χ4n) is 3.28. The van der Waals surface area contributed by atoms with E-state index in [0.717, 1.165) is 13.0 Å².